The maximum Gasteiger partial charge on any atom is 0.358 e. The van der Waals surface area contributed by atoms with Crippen molar-refractivity contribution < 1.29 is 14.7 Å². The van der Waals surface area contributed by atoms with Gasteiger partial charge in [0.2, 0.25) is 0 Å². The molecule has 2 amide bonds. The number of carboxylic acid groups (broad SMARTS) is 1. The van der Waals surface area contributed by atoms with E-state index in [0.717, 1.165) is 6.54 Å². The van der Waals surface area contributed by atoms with Crippen LogP contribution in [-0.2, 0) is 13.1 Å². The number of anilines is 1. The van der Waals surface area contributed by atoms with Gasteiger partial charge in [0.25, 0.3) is 0 Å². The van der Waals surface area contributed by atoms with Crippen molar-refractivity contribution in [3.63, 3.8) is 0 Å². The van der Waals surface area contributed by atoms with Crippen LogP contribution in [0.25, 0.3) is 0 Å². The van der Waals surface area contributed by atoms with Crippen LogP contribution in [0, 0.1) is 0 Å². The summed E-state index contributed by atoms with van der Waals surface area (Å²) >= 11 is 0. The first-order valence-corrected chi connectivity index (χ1v) is 6.29. The van der Waals surface area contributed by atoms with Gasteiger partial charge in [-0.2, -0.15) is 5.10 Å². The summed E-state index contributed by atoms with van der Waals surface area (Å²) in [6.07, 6.45) is 4.57. The van der Waals surface area contributed by atoms with E-state index in [1.54, 1.807) is 17.1 Å². The Bertz CT molecular complexity index is 633. The summed E-state index contributed by atoms with van der Waals surface area (Å²) in [6.45, 7) is 3.28. The van der Waals surface area contributed by atoms with Crippen LogP contribution < -0.4 is 10.6 Å². The van der Waals surface area contributed by atoms with Crippen molar-refractivity contribution in [2.75, 3.05) is 11.9 Å². The van der Waals surface area contributed by atoms with E-state index in [4.69, 9.17) is 5.11 Å². The molecule has 2 aromatic rings. The van der Waals surface area contributed by atoms with E-state index in [1.807, 2.05) is 6.92 Å². The number of amides is 2. The zero-order chi connectivity index (χ0) is 15.2. The van der Waals surface area contributed by atoms with Crippen molar-refractivity contribution in [3.8, 4) is 0 Å². The molecule has 10 heteroatoms. The number of aromatic nitrogens is 5. The van der Waals surface area contributed by atoms with Crippen LogP contribution >= 0.6 is 0 Å². The van der Waals surface area contributed by atoms with Gasteiger partial charge in [-0.1, -0.05) is 5.21 Å². The zero-order valence-corrected chi connectivity index (χ0v) is 11.4. The van der Waals surface area contributed by atoms with Crippen molar-refractivity contribution in [1.82, 2.24) is 30.1 Å². The fourth-order valence-corrected chi connectivity index (χ4v) is 1.57. The van der Waals surface area contributed by atoms with Gasteiger partial charge in [-0.3, -0.25) is 4.68 Å². The number of urea groups is 1. The fourth-order valence-electron chi connectivity index (χ4n) is 1.57. The Labute approximate surface area is 119 Å². The fraction of sp³-hybridized carbons (Fsp3) is 0.364. The van der Waals surface area contributed by atoms with E-state index in [-0.39, 0.29) is 18.3 Å². The van der Waals surface area contributed by atoms with E-state index in [0.29, 0.717) is 12.2 Å². The third kappa shape index (κ3) is 4.03. The number of nitrogens with zero attached hydrogens (tertiary/aromatic N) is 5. The summed E-state index contributed by atoms with van der Waals surface area (Å²) in [5.74, 6) is -1.14. The predicted octanol–water partition coefficient (Wildman–Crippen LogP) is 0.0144. The van der Waals surface area contributed by atoms with Crippen LogP contribution in [0.5, 0.6) is 0 Å². The number of rotatable bonds is 6. The molecule has 0 fully saturated rings. The Kier molecular flexibility index (Phi) is 4.49. The summed E-state index contributed by atoms with van der Waals surface area (Å²) in [5.41, 5.74) is 0.467. The summed E-state index contributed by atoms with van der Waals surface area (Å²) in [4.78, 5) is 22.2. The minimum atomic E-state index is -1.14. The average Bonchev–Trinajstić information content (AvgIpc) is 3.07. The van der Waals surface area contributed by atoms with E-state index in [2.05, 4.69) is 26.0 Å². The van der Waals surface area contributed by atoms with Gasteiger partial charge in [0, 0.05) is 19.3 Å². The normalized spacial score (nSPS) is 10.3. The van der Waals surface area contributed by atoms with Gasteiger partial charge in [0.15, 0.2) is 5.69 Å². The number of carbonyl (C=O) groups is 2. The summed E-state index contributed by atoms with van der Waals surface area (Å²) in [6, 6.07) is -0.371. The molecule has 0 saturated heterocycles. The molecule has 10 nitrogen and oxygen atoms in total. The molecular formula is C11H15N7O3. The second kappa shape index (κ2) is 6.50. The van der Waals surface area contributed by atoms with Crippen molar-refractivity contribution >= 4 is 17.7 Å². The van der Waals surface area contributed by atoms with Gasteiger partial charge in [-0.25, -0.2) is 14.3 Å². The lowest BCUT2D eigenvalue weighted by molar-refractivity contribution is 0.0690. The quantitative estimate of drug-likeness (QED) is 0.688. The van der Waals surface area contributed by atoms with Crippen LogP contribution in [0.4, 0.5) is 10.5 Å². The Morgan fingerprint density at radius 3 is 2.76 bits per heavy atom. The van der Waals surface area contributed by atoms with Gasteiger partial charge < -0.3 is 15.7 Å². The van der Waals surface area contributed by atoms with E-state index < -0.39 is 5.97 Å². The molecule has 3 N–H and O–H groups in total. The average molecular weight is 293 g/mol. The molecule has 21 heavy (non-hydrogen) atoms. The third-order valence-electron chi connectivity index (χ3n) is 2.60. The minimum Gasteiger partial charge on any atom is -0.476 e. The molecule has 2 heterocycles. The van der Waals surface area contributed by atoms with E-state index in [1.165, 1.54) is 10.9 Å². The first kappa shape index (κ1) is 14.5. The highest BCUT2D eigenvalue weighted by Gasteiger charge is 2.08. The highest BCUT2D eigenvalue weighted by Crippen LogP contribution is 2.03. The first-order chi connectivity index (χ1) is 10.1. The van der Waals surface area contributed by atoms with Crippen molar-refractivity contribution in [2.24, 2.45) is 0 Å². The molecule has 0 spiro atoms. The Morgan fingerprint density at radius 1 is 1.33 bits per heavy atom. The monoisotopic (exact) mass is 293 g/mol. The number of aryl methyl sites for hydroxylation is 1. The summed E-state index contributed by atoms with van der Waals surface area (Å²) in [7, 11) is 0. The number of carbonyl (C=O) groups excluding carboxylic acids is 1. The largest absolute Gasteiger partial charge is 0.476 e. The molecule has 0 bridgehead atoms. The van der Waals surface area contributed by atoms with Gasteiger partial charge in [0.1, 0.15) is 0 Å². The topological polar surface area (TPSA) is 127 Å². The smallest absolute Gasteiger partial charge is 0.358 e. The lowest BCUT2D eigenvalue weighted by atomic mass is 10.5. The molecule has 0 saturated carbocycles. The standard InChI is InChI=1S/C11H15N7O3/c1-2-17-6-8(5-13-17)14-11(21)12-3-4-18-7-9(10(19)20)15-16-18/h5-7H,2-4H2,1H3,(H,19,20)(H2,12,14,21). The van der Waals surface area contributed by atoms with Crippen LogP contribution in [0.15, 0.2) is 18.6 Å². The number of aromatic carboxylic acids is 1. The highest BCUT2D eigenvalue weighted by atomic mass is 16.4. The molecule has 0 aliphatic rings. The first-order valence-electron chi connectivity index (χ1n) is 6.29. The number of nitrogens with one attached hydrogen (secondary N) is 2. The molecule has 0 aliphatic heterocycles. The lowest BCUT2D eigenvalue weighted by Crippen LogP contribution is -2.31. The molecule has 0 unspecified atom stereocenters. The highest BCUT2D eigenvalue weighted by molar-refractivity contribution is 5.88. The number of hydrogen-bond donors (Lipinski definition) is 3. The summed E-state index contributed by atoms with van der Waals surface area (Å²) < 4.78 is 3.04. The maximum absolute atomic E-state index is 11.6. The predicted molar refractivity (Wildman–Crippen MR) is 71.9 cm³/mol. The van der Waals surface area contributed by atoms with Gasteiger partial charge in [-0.05, 0) is 6.92 Å². The third-order valence-corrected chi connectivity index (χ3v) is 2.60. The molecule has 112 valence electrons. The minimum absolute atomic E-state index is 0.133. The maximum atomic E-state index is 11.6. The molecule has 2 rings (SSSR count). The molecular weight excluding hydrogens is 278 g/mol. The van der Waals surface area contributed by atoms with Crippen LogP contribution in [0.3, 0.4) is 0 Å². The van der Waals surface area contributed by atoms with Crippen molar-refractivity contribution in [2.45, 2.75) is 20.0 Å². The second-order valence-corrected chi connectivity index (χ2v) is 4.14. The Balaban J connectivity index is 1.74. The van der Waals surface area contributed by atoms with Crippen LogP contribution in [0.1, 0.15) is 17.4 Å². The van der Waals surface area contributed by atoms with Gasteiger partial charge in [0.05, 0.1) is 24.6 Å². The molecule has 0 aromatic carbocycles. The Morgan fingerprint density at radius 2 is 2.14 bits per heavy atom. The summed E-state index contributed by atoms with van der Waals surface area (Å²) in [5, 5.41) is 25.1. The lowest BCUT2D eigenvalue weighted by Gasteiger charge is -2.05. The van der Waals surface area contributed by atoms with Gasteiger partial charge in [-0.15, -0.1) is 5.10 Å². The molecule has 2 aromatic heterocycles. The van der Waals surface area contributed by atoms with E-state index in [9.17, 15) is 9.59 Å². The SMILES string of the molecule is CCn1cc(NC(=O)NCCn2cc(C(=O)O)nn2)cn1. The van der Waals surface area contributed by atoms with Gasteiger partial charge >= 0.3 is 12.0 Å². The second-order valence-electron chi connectivity index (χ2n) is 4.14. The molecule has 0 aliphatic carbocycles. The van der Waals surface area contributed by atoms with Crippen molar-refractivity contribution in [3.05, 3.63) is 24.3 Å². The van der Waals surface area contributed by atoms with Crippen LogP contribution in [0.2, 0.25) is 0 Å². The number of carboxylic acids is 1. The van der Waals surface area contributed by atoms with Crippen molar-refractivity contribution in [1.29, 1.82) is 0 Å². The molecule has 0 radical (unpaired) electrons. The molecule has 0 atom stereocenters. The zero-order valence-electron chi connectivity index (χ0n) is 11.4. The number of hydrogen-bond acceptors (Lipinski definition) is 5. The van der Waals surface area contributed by atoms with Crippen LogP contribution in [-0.4, -0.2) is 48.4 Å². The van der Waals surface area contributed by atoms with E-state index >= 15 is 0 Å². The Hall–Kier alpha value is -2.91.